The zero-order valence-corrected chi connectivity index (χ0v) is 18.1. The van der Waals surface area contributed by atoms with Crippen LogP contribution in [0.15, 0.2) is 23.8 Å². The van der Waals surface area contributed by atoms with Crippen LogP contribution >= 0.6 is 0 Å². The maximum absolute atomic E-state index is 13.7. The fraction of sp³-hybridized carbons (Fsp3) is 0.769. The molecule has 6 unspecified atom stereocenters. The Morgan fingerprint density at radius 3 is 2.32 bits per heavy atom. The highest BCUT2D eigenvalue weighted by Gasteiger charge is 2.78. The number of carbonyl (C=O) groups excluding carboxylic acids is 2. The van der Waals surface area contributed by atoms with E-state index in [9.17, 15) is 9.59 Å². The zero-order chi connectivity index (χ0) is 19.9. The summed E-state index contributed by atoms with van der Waals surface area (Å²) in [6.45, 7) is 8.71. The van der Waals surface area contributed by atoms with Gasteiger partial charge in [-0.1, -0.05) is 46.3 Å². The van der Waals surface area contributed by atoms with Crippen LogP contribution in [-0.2, 0) is 9.59 Å². The SMILES string of the molecule is CC.CC12CCC3C(C=CC4=CC(=O)CC[C@@]43C)C1CC1(C2=O)C2CCCC21. The van der Waals surface area contributed by atoms with Gasteiger partial charge in [-0.25, -0.2) is 0 Å². The van der Waals surface area contributed by atoms with Crippen LogP contribution in [-0.4, -0.2) is 11.6 Å². The van der Waals surface area contributed by atoms with Gasteiger partial charge in [-0.15, -0.1) is 0 Å². The van der Waals surface area contributed by atoms with Gasteiger partial charge in [0.05, 0.1) is 0 Å². The Kier molecular flexibility index (Phi) is 3.98. The van der Waals surface area contributed by atoms with Crippen molar-refractivity contribution in [1.82, 2.24) is 0 Å². The van der Waals surface area contributed by atoms with Gasteiger partial charge in [-0.05, 0) is 85.2 Å². The van der Waals surface area contributed by atoms with Gasteiger partial charge in [0.1, 0.15) is 5.78 Å². The fourth-order valence-electron chi connectivity index (χ4n) is 8.69. The minimum Gasteiger partial charge on any atom is -0.298 e. The first-order chi connectivity index (χ1) is 13.4. The van der Waals surface area contributed by atoms with E-state index in [-0.39, 0.29) is 16.2 Å². The number of carbonyl (C=O) groups is 2. The van der Waals surface area contributed by atoms with Crippen molar-refractivity contribution >= 4 is 11.6 Å². The summed E-state index contributed by atoms with van der Waals surface area (Å²) in [6.07, 6.45) is 15.6. The van der Waals surface area contributed by atoms with Gasteiger partial charge in [-0.2, -0.15) is 0 Å². The molecular formula is C26H36O2. The van der Waals surface area contributed by atoms with Gasteiger partial charge in [0, 0.05) is 17.3 Å². The number of allylic oxidation sites excluding steroid dienone is 4. The van der Waals surface area contributed by atoms with Crippen LogP contribution in [0.2, 0.25) is 0 Å². The molecule has 152 valence electrons. The molecule has 7 atom stereocenters. The average molecular weight is 381 g/mol. The highest BCUT2D eigenvalue weighted by Crippen LogP contribution is 2.79. The van der Waals surface area contributed by atoms with Crippen LogP contribution in [0, 0.1) is 45.8 Å². The fourth-order valence-corrected chi connectivity index (χ4v) is 8.69. The highest BCUT2D eigenvalue weighted by molar-refractivity contribution is 5.96. The Bertz CT molecular complexity index is 778. The van der Waals surface area contributed by atoms with Crippen LogP contribution in [0.5, 0.6) is 0 Å². The molecule has 6 rings (SSSR count). The van der Waals surface area contributed by atoms with Gasteiger partial charge >= 0.3 is 0 Å². The third kappa shape index (κ3) is 2.05. The lowest BCUT2D eigenvalue weighted by Crippen LogP contribution is -2.49. The average Bonchev–Trinajstić information content (AvgIpc) is 2.97. The molecule has 4 saturated carbocycles. The summed E-state index contributed by atoms with van der Waals surface area (Å²) in [5, 5.41) is 0. The first-order valence-electron chi connectivity index (χ1n) is 11.9. The minimum absolute atomic E-state index is 0.0833. The van der Waals surface area contributed by atoms with Crippen molar-refractivity contribution in [2.24, 2.45) is 45.8 Å². The van der Waals surface area contributed by atoms with Crippen molar-refractivity contribution in [3.8, 4) is 0 Å². The molecule has 2 nitrogen and oxygen atoms in total. The van der Waals surface area contributed by atoms with Crippen LogP contribution in [0.25, 0.3) is 0 Å². The second-order valence-electron chi connectivity index (χ2n) is 10.8. The van der Waals surface area contributed by atoms with Crippen LogP contribution in [0.4, 0.5) is 0 Å². The van der Waals surface area contributed by atoms with Gasteiger partial charge in [0.2, 0.25) is 0 Å². The van der Waals surface area contributed by atoms with Crippen molar-refractivity contribution in [2.45, 2.75) is 79.1 Å². The maximum Gasteiger partial charge on any atom is 0.156 e. The van der Waals surface area contributed by atoms with E-state index in [0.717, 1.165) is 37.5 Å². The van der Waals surface area contributed by atoms with E-state index in [1.807, 2.05) is 19.9 Å². The first kappa shape index (κ1) is 18.8. The van der Waals surface area contributed by atoms with E-state index in [1.54, 1.807) is 0 Å². The molecule has 0 amide bonds. The summed E-state index contributed by atoms with van der Waals surface area (Å²) < 4.78 is 0. The first-order valence-corrected chi connectivity index (χ1v) is 11.9. The van der Waals surface area contributed by atoms with E-state index in [2.05, 4.69) is 26.0 Å². The lowest BCUT2D eigenvalue weighted by atomic mass is 9.49. The quantitative estimate of drug-likeness (QED) is 0.523. The van der Waals surface area contributed by atoms with Gasteiger partial charge in [0.25, 0.3) is 0 Å². The smallest absolute Gasteiger partial charge is 0.156 e. The van der Waals surface area contributed by atoms with Crippen LogP contribution in [0.1, 0.15) is 79.1 Å². The molecule has 1 spiro atoms. The molecule has 0 saturated heterocycles. The lowest BCUT2D eigenvalue weighted by Gasteiger charge is -2.54. The Morgan fingerprint density at radius 1 is 0.893 bits per heavy atom. The third-order valence-corrected chi connectivity index (χ3v) is 10.1. The molecule has 2 heteroatoms. The molecule has 0 N–H and O–H groups in total. The lowest BCUT2D eigenvalue weighted by molar-refractivity contribution is -0.134. The third-order valence-electron chi connectivity index (χ3n) is 10.1. The van der Waals surface area contributed by atoms with Crippen molar-refractivity contribution in [3.63, 3.8) is 0 Å². The number of fused-ring (bicyclic) bond motifs is 8. The van der Waals surface area contributed by atoms with Crippen molar-refractivity contribution < 1.29 is 9.59 Å². The van der Waals surface area contributed by atoms with Gasteiger partial charge in [-0.3, -0.25) is 9.59 Å². The predicted molar refractivity (Wildman–Crippen MR) is 112 cm³/mol. The second kappa shape index (κ2) is 5.92. The standard InChI is InChI=1S/C24H30O2.C2H6/c1-22-10-8-15(25)12-14(22)6-7-16-17(22)9-11-23(2)20(16)13-24(21(23)26)18-4-3-5-19(18)24;1-2/h6-7,12,16-20H,3-5,8-11,13H2,1-2H3;1-2H3/t16?,17?,18?,19?,20?,22-,23?,24?;/m0./s1. The summed E-state index contributed by atoms with van der Waals surface area (Å²) in [4.78, 5) is 25.6. The zero-order valence-electron chi connectivity index (χ0n) is 18.1. The predicted octanol–water partition coefficient (Wildman–Crippen LogP) is 5.92. The molecule has 0 aliphatic heterocycles. The molecule has 0 aromatic rings. The summed E-state index contributed by atoms with van der Waals surface area (Å²) in [5.41, 5.74) is 1.41. The topological polar surface area (TPSA) is 34.1 Å². The molecule has 0 bridgehead atoms. The molecule has 0 aromatic heterocycles. The second-order valence-corrected chi connectivity index (χ2v) is 10.8. The van der Waals surface area contributed by atoms with Crippen LogP contribution < -0.4 is 0 Å². The normalized spacial score (nSPS) is 52.9. The molecule has 4 fully saturated rings. The Hall–Kier alpha value is -1.18. The van der Waals surface area contributed by atoms with Crippen molar-refractivity contribution in [3.05, 3.63) is 23.8 Å². The van der Waals surface area contributed by atoms with Crippen molar-refractivity contribution in [1.29, 1.82) is 0 Å². The molecule has 0 aromatic carbocycles. The largest absolute Gasteiger partial charge is 0.298 e. The maximum atomic E-state index is 13.7. The Balaban J connectivity index is 0.000000829. The van der Waals surface area contributed by atoms with E-state index < -0.39 is 0 Å². The molecule has 6 aliphatic carbocycles. The summed E-state index contributed by atoms with van der Waals surface area (Å²) >= 11 is 0. The minimum atomic E-state index is -0.0854. The van der Waals surface area contributed by atoms with Crippen molar-refractivity contribution in [2.75, 3.05) is 0 Å². The number of ketones is 2. The van der Waals surface area contributed by atoms with E-state index in [1.165, 1.54) is 24.8 Å². The molecular weight excluding hydrogens is 344 g/mol. The van der Waals surface area contributed by atoms with Crippen LogP contribution in [0.3, 0.4) is 0 Å². The number of rotatable bonds is 0. The van der Waals surface area contributed by atoms with E-state index >= 15 is 0 Å². The number of hydrogen-bond donors (Lipinski definition) is 0. The Morgan fingerprint density at radius 2 is 1.61 bits per heavy atom. The number of Topliss-reactive ketones (excluding diaryl/α,β-unsaturated/α-hetero) is 1. The monoisotopic (exact) mass is 380 g/mol. The number of hydrogen-bond acceptors (Lipinski definition) is 2. The van der Waals surface area contributed by atoms with E-state index in [0.29, 0.717) is 35.7 Å². The summed E-state index contributed by atoms with van der Waals surface area (Å²) in [5.74, 6) is 4.08. The summed E-state index contributed by atoms with van der Waals surface area (Å²) in [6, 6.07) is 0. The highest BCUT2D eigenvalue weighted by atomic mass is 16.1. The summed E-state index contributed by atoms with van der Waals surface area (Å²) in [7, 11) is 0. The molecule has 0 heterocycles. The van der Waals surface area contributed by atoms with Gasteiger partial charge < -0.3 is 0 Å². The van der Waals surface area contributed by atoms with Gasteiger partial charge in [0.15, 0.2) is 5.78 Å². The molecule has 0 radical (unpaired) electrons. The Labute approximate surface area is 170 Å². The van der Waals surface area contributed by atoms with E-state index in [4.69, 9.17) is 0 Å². The molecule has 28 heavy (non-hydrogen) atoms. The molecule has 6 aliphatic rings.